The number of halogens is 3. The summed E-state index contributed by atoms with van der Waals surface area (Å²) >= 11 is 0. The maximum absolute atomic E-state index is 11.8. The Morgan fingerprint density at radius 1 is 1.32 bits per heavy atom. The van der Waals surface area contributed by atoms with Gasteiger partial charge >= 0.3 is 18.2 Å². The monoisotopic (exact) mass is 277 g/mol. The number of amides is 2. The fraction of sp³-hybridized carbons (Fsp3) is 0.300. The molecule has 0 fully saturated rings. The van der Waals surface area contributed by atoms with Crippen LogP contribution < -0.4 is 10.6 Å². The number of nitrogens with zero attached hydrogens (tertiary/aromatic N) is 1. The van der Waals surface area contributed by atoms with Crippen molar-refractivity contribution >= 4 is 17.7 Å². The fourth-order valence-corrected chi connectivity index (χ4v) is 1.09. The lowest BCUT2D eigenvalue weighted by Crippen LogP contribution is -2.31. The van der Waals surface area contributed by atoms with Gasteiger partial charge in [0.15, 0.2) is 0 Å². The lowest BCUT2D eigenvalue weighted by molar-refractivity contribution is -0.132. The summed E-state index contributed by atoms with van der Waals surface area (Å²) in [5.41, 5.74) is -0.0301. The Morgan fingerprint density at radius 3 is 2.47 bits per heavy atom. The number of aromatic nitrogens is 1. The van der Waals surface area contributed by atoms with Crippen LogP contribution in [0.1, 0.15) is 16.9 Å². The van der Waals surface area contributed by atoms with Gasteiger partial charge in [-0.05, 0) is 12.1 Å². The second-order valence-corrected chi connectivity index (χ2v) is 3.48. The number of carboxylic acid groups (broad SMARTS) is 1. The highest BCUT2D eigenvalue weighted by Crippen LogP contribution is 2.18. The van der Waals surface area contributed by atoms with Crippen LogP contribution in [0.25, 0.3) is 0 Å². The number of nitrogens with one attached hydrogen (secondary N) is 2. The number of aromatic carboxylic acids is 1. The van der Waals surface area contributed by atoms with Crippen molar-refractivity contribution in [2.45, 2.75) is 12.6 Å². The van der Waals surface area contributed by atoms with E-state index in [9.17, 15) is 22.8 Å². The van der Waals surface area contributed by atoms with Gasteiger partial charge in [-0.25, -0.2) is 14.6 Å². The highest BCUT2D eigenvalue weighted by molar-refractivity contribution is 5.90. The summed E-state index contributed by atoms with van der Waals surface area (Å²) in [5, 5.41) is 12.8. The summed E-state index contributed by atoms with van der Waals surface area (Å²) in [6.45, 7) is -0.546. The minimum absolute atomic E-state index is 0.175. The summed E-state index contributed by atoms with van der Waals surface area (Å²) in [4.78, 5) is 25.2. The number of urea groups is 1. The van der Waals surface area contributed by atoms with E-state index in [4.69, 9.17) is 5.11 Å². The van der Waals surface area contributed by atoms with E-state index in [0.29, 0.717) is 0 Å². The second-order valence-electron chi connectivity index (χ2n) is 3.48. The minimum atomic E-state index is -4.34. The Morgan fingerprint density at radius 2 is 2.00 bits per heavy atom. The van der Waals surface area contributed by atoms with Crippen LogP contribution in [-0.4, -0.2) is 34.8 Å². The highest BCUT2D eigenvalue weighted by Gasteiger charge is 2.26. The van der Waals surface area contributed by atoms with Crippen LogP contribution in [0.3, 0.4) is 0 Å². The lowest BCUT2D eigenvalue weighted by atomic mass is 10.3. The Balaban J connectivity index is 2.42. The van der Waals surface area contributed by atoms with E-state index in [1.54, 1.807) is 0 Å². The van der Waals surface area contributed by atoms with Gasteiger partial charge in [0.1, 0.15) is 5.69 Å². The van der Waals surface area contributed by atoms with Crippen LogP contribution >= 0.6 is 0 Å². The van der Waals surface area contributed by atoms with Gasteiger partial charge in [-0.15, -0.1) is 0 Å². The van der Waals surface area contributed by atoms with Crippen molar-refractivity contribution in [3.05, 3.63) is 24.0 Å². The molecule has 1 aromatic heterocycles. The van der Waals surface area contributed by atoms with Gasteiger partial charge in [0.2, 0.25) is 0 Å². The molecule has 9 heteroatoms. The molecule has 0 aromatic carbocycles. The van der Waals surface area contributed by atoms with E-state index in [-0.39, 0.29) is 11.4 Å². The second kappa shape index (κ2) is 6.03. The van der Waals surface area contributed by atoms with Crippen molar-refractivity contribution in [1.82, 2.24) is 10.3 Å². The SMILES string of the molecule is O=C(NCCC(F)(F)F)Nc1ccc(C(=O)O)nc1. The molecule has 0 aliphatic carbocycles. The first kappa shape index (κ1) is 14.7. The van der Waals surface area contributed by atoms with Gasteiger partial charge in [-0.3, -0.25) is 0 Å². The maximum Gasteiger partial charge on any atom is 0.390 e. The highest BCUT2D eigenvalue weighted by atomic mass is 19.4. The molecule has 0 saturated heterocycles. The van der Waals surface area contributed by atoms with Crippen LogP contribution in [0.5, 0.6) is 0 Å². The Kier molecular flexibility index (Phi) is 4.67. The van der Waals surface area contributed by atoms with E-state index in [0.717, 1.165) is 12.3 Å². The van der Waals surface area contributed by atoms with E-state index in [2.05, 4.69) is 10.3 Å². The van der Waals surface area contributed by atoms with Crippen molar-refractivity contribution in [1.29, 1.82) is 0 Å². The summed E-state index contributed by atoms with van der Waals surface area (Å²) in [6.07, 6.45) is -4.37. The molecule has 1 heterocycles. The number of carboxylic acids is 1. The van der Waals surface area contributed by atoms with Crippen molar-refractivity contribution in [3.63, 3.8) is 0 Å². The lowest BCUT2D eigenvalue weighted by Gasteiger charge is -2.09. The first-order valence-electron chi connectivity index (χ1n) is 5.09. The van der Waals surface area contributed by atoms with Gasteiger partial charge < -0.3 is 15.7 Å². The molecule has 0 radical (unpaired) electrons. The molecule has 2 amide bonds. The first-order chi connectivity index (χ1) is 8.78. The van der Waals surface area contributed by atoms with E-state index < -0.39 is 31.1 Å². The van der Waals surface area contributed by atoms with Crippen LogP contribution in [-0.2, 0) is 0 Å². The molecular weight excluding hydrogens is 267 g/mol. The number of hydrogen-bond acceptors (Lipinski definition) is 3. The quantitative estimate of drug-likeness (QED) is 0.783. The molecular formula is C10H10F3N3O3. The fourth-order valence-electron chi connectivity index (χ4n) is 1.09. The number of carbonyl (C=O) groups excluding carboxylic acids is 1. The third-order valence-corrected chi connectivity index (χ3v) is 1.93. The molecule has 0 aliphatic rings. The van der Waals surface area contributed by atoms with Gasteiger partial charge in [0.25, 0.3) is 0 Å². The number of hydrogen-bond donors (Lipinski definition) is 3. The Hall–Kier alpha value is -2.32. The van der Waals surface area contributed by atoms with Crippen LogP contribution in [0, 0.1) is 0 Å². The molecule has 0 aliphatic heterocycles. The van der Waals surface area contributed by atoms with Gasteiger partial charge in [0.05, 0.1) is 18.3 Å². The average Bonchev–Trinajstić information content (AvgIpc) is 2.27. The van der Waals surface area contributed by atoms with E-state index in [1.807, 2.05) is 5.32 Å². The smallest absolute Gasteiger partial charge is 0.390 e. The molecule has 0 bridgehead atoms. The number of anilines is 1. The van der Waals surface area contributed by atoms with Gasteiger partial charge in [0, 0.05) is 6.54 Å². The summed E-state index contributed by atoms with van der Waals surface area (Å²) < 4.78 is 35.4. The van der Waals surface area contributed by atoms with Crippen LogP contribution in [0.2, 0.25) is 0 Å². The molecule has 3 N–H and O–H groups in total. The van der Waals surface area contributed by atoms with Gasteiger partial charge in [-0.2, -0.15) is 13.2 Å². The topological polar surface area (TPSA) is 91.3 Å². The Bertz CT molecular complexity index is 459. The maximum atomic E-state index is 11.8. The number of carbonyl (C=O) groups is 2. The molecule has 1 aromatic rings. The van der Waals surface area contributed by atoms with Crippen molar-refractivity contribution < 1.29 is 27.9 Å². The largest absolute Gasteiger partial charge is 0.477 e. The van der Waals surface area contributed by atoms with E-state index >= 15 is 0 Å². The number of rotatable bonds is 4. The normalized spacial score (nSPS) is 10.9. The molecule has 1 rings (SSSR count). The van der Waals surface area contributed by atoms with Crippen LogP contribution in [0.4, 0.5) is 23.7 Å². The predicted octanol–water partition coefficient (Wildman–Crippen LogP) is 1.85. The third kappa shape index (κ3) is 5.70. The summed E-state index contributed by atoms with van der Waals surface area (Å²) in [6, 6.07) is 1.61. The molecule has 0 unspecified atom stereocenters. The molecule has 0 saturated carbocycles. The third-order valence-electron chi connectivity index (χ3n) is 1.93. The molecule has 6 nitrogen and oxygen atoms in total. The zero-order chi connectivity index (χ0) is 14.5. The summed E-state index contributed by atoms with van der Waals surface area (Å²) in [7, 11) is 0. The van der Waals surface area contributed by atoms with Crippen LogP contribution in [0.15, 0.2) is 18.3 Å². The van der Waals surface area contributed by atoms with E-state index in [1.165, 1.54) is 6.07 Å². The first-order valence-corrected chi connectivity index (χ1v) is 5.09. The standard InChI is InChI=1S/C10H10F3N3O3/c11-10(12,13)3-4-14-9(19)16-6-1-2-7(8(17)18)15-5-6/h1-2,5H,3-4H2,(H,17,18)(H2,14,16,19). The average molecular weight is 277 g/mol. The van der Waals surface area contributed by atoms with Crippen molar-refractivity contribution in [2.24, 2.45) is 0 Å². The predicted molar refractivity (Wildman–Crippen MR) is 58.9 cm³/mol. The van der Waals surface area contributed by atoms with Crippen molar-refractivity contribution in [3.8, 4) is 0 Å². The van der Waals surface area contributed by atoms with Crippen molar-refractivity contribution in [2.75, 3.05) is 11.9 Å². The molecule has 0 spiro atoms. The molecule has 104 valence electrons. The molecule has 19 heavy (non-hydrogen) atoms. The zero-order valence-corrected chi connectivity index (χ0v) is 9.49. The molecule has 0 atom stereocenters. The number of pyridine rings is 1. The zero-order valence-electron chi connectivity index (χ0n) is 9.49. The summed E-state index contributed by atoms with van der Waals surface area (Å²) in [5.74, 6) is -1.22. The minimum Gasteiger partial charge on any atom is -0.477 e. The van der Waals surface area contributed by atoms with Gasteiger partial charge in [-0.1, -0.05) is 0 Å². The number of alkyl halides is 3. The Labute approximate surface area is 105 Å².